The number of carbonyl (C=O) groups excluding carboxylic acids is 2. The fourth-order valence-corrected chi connectivity index (χ4v) is 9.76. The highest BCUT2D eigenvalue weighted by Gasteiger charge is 2.40. The number of ketones is 1. The third-order valence-corrected chi connectivity index (χ3v) is 12.7. The van der Waals surface area contributed by atoms with Gasteiger partial charge in [-0.25, -0.2) is 18.1 Å². The van der Waals surface area contributed by atoms with Gasteiger partial charge in [0.2, 0.25) is 15.9 Å². The van der Waals surface area contributed by atoms with Gasteiger partial charge in [0.05, 0.1) is 29.8 Å². The number of hydrogen-bond acceptors (Lipinski definition) is 8. The van der Waals surface area contributed by atoms with E-state index in [1.54, 1.807) is 12.4 Å². The predicted octanol–water partition coefficient (Wildman–Crippen LogP) is 6.58. The van der Waals surface area contributed by atoms with Crippen molar-refractivity contribution in [2.24, 2.45) is 0 Å². The Morgan fingerprint density at radius 1 is 0.927 bits per heavy atom. The van der Waals surface area contributed by atoms with Crippen LogP contribution in [0.5, 0.6) is 0 Å². The van der Waals surface area contributed by atoms with E-state index >= 15 is 0 Å². The number of nitrogen functional groups attached to an aromatic ring is 1. The number of imidazole rings is 1. The number of thiophene rings is 1. The van der Waals surface area contributed by atoms with Crippen molar-refractivity contribution in [1.82, 2.24) is 24.9 Å². The summed E-state index contributed by atoms with van der Waals surface area (Å²) < 4.78 is 33.9. The van der Waals surface area contributed by atoms with Crippen molar-refractivity contribution >= 4 is 38.7 Å². The van der Waals surface area contributed by atoms with E-state index < -0.39 is 27.6 Å². The maximum Gasteiger partial charge on any atom is 0.243 e. The zero-order valence-electron chi connectivity index (χ0n) is 30.5. The van der Waals surface area contributed by atoms with Crippen molar-refractivity contribution in [3.63, 3.8) is 0 Å². The van der Waals surface area contributed by atoms with Crippen LogP contribution in [0, 0.1) is 6.92 Å². The van der Waals surface area contributed by atoms with E-state index in [2.05, 4.69) is 56.3 Å². The molecule has 3 heterocycles. The smallest absolute Gasteiger partial charge is 0.243 e. The summed E-state index contributed by atoms with van der Waals surface area (Å²) in [6.07, 6.45) is 2.93. The highest BCUT2D eigenvalue weighted by molar-refractivity contribution is 7.89. The van der Waals surface area contributed by atoms with Crippen LogP contribution < -0.4 is 21.1 Å². The molecule has 5 N–H and O–H groups in total. The van der Waals surface area contributed by atoms with E-state index in [1.807, 2.05) is 85.1 Å². The van der Waals surface area contributed by atoms with Crippen molar-refractivity contribution in [3.8, 4) is 10.4 Å². The zero-order chi connectivity index (χ0) is 38.4. The summed E-state index contributed by atoms with van der Waals surface area (Å²) in [6, 6.07) is 38.1. The molecular formula is C43H44N6O4S2. The zero-order valence-corrected chi connectivity index (χ0v) is 32.2. The molecule has 0 bridgehead atoms. The number of anilines is 1. The van der Waals surface area contributed by atoms with Gasteiger partial charge in [-0.3, -0.25) is 9.59 Å². The summed E-state index contributed by atoms with van der Waals surface area (Å²) in [4.78, 5) is 31.1. The first-order chi connectivity index (χ1) is 26.7. The molecule has 1 amide bonds. The van der Waals surface area contributed by atoms with Crippen LogP contribution in [0.15, 0.2) is 138 Å². The van der Waals surface area contributed by atoms with Crippen molar-refractivity contribution < 1.29 is 18.0 Å². The van der Waals surface area contributed by atoms with Crippen molar-refractivity contribution in [1.29, 1.82) is 0 Å². The standard InChI is InChI=1S/C43H44N6O4S2/c1-30-42(47-29-49(30)43(31-14-5-2-6-15-31,32-16-7-3-8-17-32)33-18-9-4-10-19-33)35(21-12-22-37(50)36-28-46-40(51)25-26-45-36)48-55(52,53)39-24-11-20-34(41(39)44)38-23-13-27-54-38/h2-11,13-20,23-24,27,29,35-36,45,48H,12,21-22,25-26,28,44H2,1H3,(H,46,51). The number of carbonyl (C=O) groups is 2. The maximum absolute atomic E-state index is 14.4. The lowest BCUT2D eigenvalue weighted by Crippen LogP contribution is -2.42. The van der Waals surface area contributed by atoms with Crippen LogP contribution in [-0.2, 0) is 25.2 Å². The Morgan fingerprint density at radius 2 is 1.56 bits per heavy atom. The minimum Gasteiger partial charge on any atom is -0.397 e. The predicted molar refractivity (Wildman–Crippen MR) is 217 cm³/mol. The van der Waals surface area contributed by atoms with E-state index in [4.69, 9.17) is 10.7 Å². The number of nitrogens with one attached hydrogen (secondary N) is 3. The third-order valence-electron chi connectivity index (χ3n) is 10.3. The largest absolute Gasteiger partial charge is 0.397 e. The molecule has 6 aromatic rings. The number of nitrogens with zero attached hydrogens (tertiary/aromatic N) is 2. The van der Waals surface area contributed by atoms with E-state index in [0.717, 1.165) is 27.3 Å². The van der Waals surface area contributed by atoms with Crippen molar-refractivity contribution in [2.45, 2.75) is 55.1 Å². The van der Waals surface area contributed by atoms with Crippen LogP contribution in [0.1, 0.15) is 59.8 Å². The number of benzene rings is 4. The minimum atomic E-state index is -4.20. The second kappa shape index (κ2) is 16.5. The van der Waals surface area contributed by atoms with E-state index in [9.17, 15) is 18.0 Å². The number of rotatable bonds is 14. The number of Topliss-reactive ketones (excluding diaryl/α,β-unsaturated/α-hetero) is 1. The third kappa shape index (κ3) is 7.76. The first-order valence-electron chi connectivity index (χ1n) is 18.4. The average molecular weight is 773 g/mol. The molecule has 0 aliphatic carbocycles. The van der Waals surface area contributed by atoms with Crippen molar-refractivity contribution in [3.05, 3.63) is 161 Å². The Morgan fingerprint density at radius 3 is 2.16 bits per heavy atom. The molecule has 282 valence electrons. The van der Waals surface area contributed by atoms with Gasteiger partial charge in [0, 0.05) is 42.1 Å². The second-order valence-corrected chi connectivity index (χ2v) is 16.3. The van der Waals surface area contributed by atoms with Gasteiger partial charge in [0.15, 0.2) is 5.78 Å². The molecule has 0 saturated carbocycles. The lowest BCUT2D eigenvalue weighted by molar-refractivity contribution is -0.121. The second-order valence-electron chi connectivity index (χ2n) is 13.7. The molecule has 1 saturated heterocycles. The summed E-state index contributed by atoms with van der Waals surface area (Å²) in [7, 11) is -4.20. The van der Waals surface area contributed by atoms with Gasteiger partial charge >= 0.3 is 0 Å². The Kier molecular flexibility index (Phi) is 11.4. The van der Waals surface area contributed by atoms with Gasteiger partial charge in [-0.05, 0) is 54.0 Å². The van der Waals surface area contributed by atoms with Gasteiger partial charge in [-0.15, -0.1) is 11.3 Å². The lowest BCUT2D eigenvalue weighted by atomic mass is 9.76. The summed E-state index contributed by atoms with van der Waals surface area (Å²) in [6.45, 7) is 2.60. The van der Waals surface area contributed by atoms with Crippen LogP contribution in [0.3, 0.4) is 0 Å². The maximum atomic E-state index is 14.4. The molecule has 1 aliphatic rings. The minimum absolute atomic E-state index is 0.0258. The molecule has 0 spiro atoms. The first-order valence-corrected chi connectivity index (χ1v) is 20.7. The van der Waals surface area contributed by atoms with Crippen molar-refractivity contribution in [2.75, 3.05) is 18.8 Å². The van der Waals surface area contributed by atoms with Gasteiger partial charge in [0.1, 0.15) is 10.4 Å². The quantitative estimate of drug-likeness (QED) is 0.0723. The first kappa shape index (κ1) is 37.9. The monoisotopic (exact) mass is 772 g/mol. The molecule has 7 rings (SSSR count). The summed E-state index contributed by atoms with van der Waals surface area (Å²) in [5.74, 6) is -0.140. The highest BCUT2D eigenvalue weighted by Crippen LogP contribution is 2.43. The number of para-hydroxylation sites is 1. The molecule has 0 radical (unpaired) electrons. The van der Waals surface area contributed by atoms with E-state index in [-0.39, 0.29) is 41.7 Å². The summed E-state index contributed by atoms with van der Waals surface area (Å²) in [5, 5.41) is 7.88. The number of sulfonamides is 1. The van der Waals surface area contributed by atoms with Gasteiger partial charge in [-0.1, -0.05) is 109 Å². The van der Waals surface area contributed by atoms with Crippen LogP contribution in [0.2, 0.25) is 0 Å². The lowest BCUT2D eigenvalue weighted by Gasteiger charge is -2.38. The van der Waals surface area contributed by atoms with E-state index in [0.29, 0.717) is 30.6 Å². The fourth-order valence-electron chi connectivity index (χ4n) is 7.60. The Hall–Kier alpha value is -5.40. The summed E-state index contributed by atoms with van der Waals surface area (Å²) >= 11 is 1.48. The van der Waals surface area contributed by atoms with Gasteiger partial charge < -0.3 is 20.9 Å². The molecule has 55 heavy (non-hydrogen) atoms. The molecule has 10 nitrogen and oxygen atoms in total. The van der Waals surface area contributed by atoms with Crippen LogP contribution in [0.4, 0.5) is 5.69 Å². The fraction of sp³-hybridized carbons (Fsp3) is 0.233. The average Bonchev–Trinajstić information content (AvgIpc) is 3.82. The van der Waals surface area contributed by atoms with Gasteiger partial charge in [-0.2, -0.15) is 0 Å². The topological polar surface area (TPSA) is 148 Å². The Balaban J connectivity index is 1.31. The van der Waals surface area contributed by atoms with Crippen LogP contribution >= 0.6 is 11.3 Å². The normalized spacial score (nSPS) is 15.6. The molecule has 1 fully saturated rings. The molecule has 12 heteroatoms. The number of hydrogen-bond donors (Lipinski definition) is 4. The molecule has 4 aromatic carbocycles. The molecule has 2 unspecified atom stereocenters. The van der Waals surface area contributed by atoms with E-state index in [1.165, 1.54) is 17.4 Å². The molecule has 2 aromatic heterocycles. The molecular weight excluding hydrogens is 729 g/mol. The Bertz CT molecular complexity index is 2250. The molecule has 2 atom stereocenters. The highest BCUT2D eigenvalue weighted by atomic mass is 32.2. The van der Waals surface area contributed by atoms with Crippen LogP contribution in [0.25, 0.3) is 10.4 Å². The van der Waals surface area contributed by atoms with Gasteiger partial charge in [0.25, 0.3) is 0 Å². The number of aromatic nitrogens is 2. The molecule has 1 aliphatic heterocycles. The number of amides is 1. The van der Waals surface area contributed by atoms with Crippen LogP contribution in [-0.4, -0.2) is 48.8 Å². The SMILES string of the molecule is Cc1c(C(CCCC(=O)C2CNC(=O)CCN2)NS(=O)(=O)c2cccc(-c3cccs3)c2N)ncn1C(c1ccccc1)(c1ccccc1)c1ccccc1. The Labute approximate surface area is 325 Å². The summed E-state index contributed by atoms with van der Waals surface area (Å²) in [5.41, 5.74) is 10.8. The number of nitrogens with two attached hydrogens (primary N) is 1.